The van der Waals surface area contributed by atoms with E-state index in [1.54, 1.807) is 17.0 Å². The predicted molar refractivity (Wildman–Crippen MR) is 122 cm³/mol. The maximum absolute atomic E-state index is 12.6. The van der Waals surface area contributed by atoms with Gasteiger partial charge in [-0.3, -0.25) is 4.79 Å². The fourth-order valence-corrected chi connectivity index (χ4v) is 2.82. The molecule has 0 fully saturated rings. The van der Waals surface area contributed by atoms with Crippen LogP contribution in [0.4, 0.5) is 8.78 Å². The number of halogens is 4. The van der Waals surface area contributed by atoms with Crippen LogP contribution in [0.5, 0.6) is 5.75 Å². The van der Waals surface area contributed by atoms with E-state index in [1.807, 2.05) is 20.8 Å². The zero-order valence-corrected chi connectivity index (χ0v) is 20.2. The van der Waals surface area contributed by atoms with Crippen LogP contribution in [-0.4, -0.2) is 49.6 Å². The summed E-state index contributed by atoms with van der Waals surface area (Å²) in [5, 5.41) is 6.16. The number of carbonyl (C=O) groups excluding carboxylic acids is 1. The van der Waals surface area contributed by atoms with Gasteiger partial charge in [0.1, 0.15) is 5.75 Å². The molecule has 0 unspecified atom stereocenters. The molecule has 6 nitrogen and oxygen atoms in total. The van der Waals surface area contributed by atoms with Crippen LogP contribution in [-0.2, 0) is 11.3 Å². The molecule has 0 bridgehead atoms. The number of hydrogen-bond donors (Lipinski definition) is 2. The third-order valence-corrected chi connectivity index (χ3v) is 4.23. The molecule has 0 aromatic heterocycles. The Balaban J connectivity index is 0.00000729. The fraction of sp³-hybridized carbons (Fsp3) is 0.556. The van der Waals surface area contributed by atoms with E-state index in [9.17, 15) is 13.6 Å². The van der Waals surface area contributed by atoms with Gasteiger partial charge >= 0.3 is 6.61 Å². The van der Waals surface area contributed by atoms with Gasteiger partial charge in [-0.2, -0.15) is 8.78 Å². The molecular weight excluding hydrogens is 549 g/mol. The van der Waals surface area contributed by atoms with Crippen molar-refractivity contribution in [2.45, 2.75) is 40.3 Å². The Morgan fingerprint density at radius 2 is 1.93 bits per heavy atom. The van der Waals surface area contributed by atoms with E-state index in [0.717, 1.165) is 4.47 Å². The molecule has 1 aromatic rings. The van der Waals surface area contributed by atoms with E-state index >= 15 is 0 Å². The van der Waals surface area contributed by atoms with Crippen LogP contribution in [0.1, 0.15) is 32.8 Å². The predicted octanol–water partition coefficient (Wildman–Crippen LogP) is 3.98. The first-order chi connectivity index (χ1) is 12.9. The lowest BCUT2D eigenvalue weighted by Crippen LogP contribution is -2.40. The minimum Gasteiger partial charge on any atom is -0.434 e. The molecule has 10 heteroatoms. The lowest BCUT2D eigenvalue weighted by Gasteiger charge is -2.19. The van der Waals surface area contributed by atoms with Gasteiger partial charge < -0.3 is 20.3 Å². The summed E-state index contributed by atoms with van der Waals surface area (Å²) in [5.41, 5.74) is 0.529. The lowest BCUT2D eigenvalue weighted by molar-refractivity contribution is -0.130. The third-order valence-electron chi connectivity index (χ3n) is 3.74. The number of guanidine groups is 1. The third kappa shape index (κ3) is 9.85. The topological polar surface area (TPSA) is 66.0 Å². The Hall–Kier alpha value is -1.17. The molecule has 160 valence electrons. The first-order valence-electron chi connectivity index (χ1n) is 8.94. The second kappa shape index (κ2) is 14.8. The maximum Gasteiger partial charge on any atom is 0.387 e. The van der Waals surface area contributed by atoms with Crippen LogP contribution >= 0.6 is 39.9 Å². The number of aliphatic imine (C=N–C) groups is 1. The molecular formula is C18H28BrF2IN4O2. The second-order valence-corrected chi connectivity index (χ2v) is 6.48. The molecule has 28 heavy (non-hydrogen) atoms. The first-order valence-corrected chi connectivity index (χ1v) is 9.73. The van der Waals surface area contributed by atoms with Crippen molar-refractivity contribution in [1.29, 1.82) is 0 Å². The summed E-state index contributed by atoms with van der Waals surface area (Å²) in [6.07, 6.45) is 0.350. The first kappa shape index (κ1) is 26.8. The summed E-state index contributed by atoms with van der Waals surface area (Å²) >= 11 is 3.32. The highest BCUT2D eigenvalue weighted by atomic mass is 127. The summed E-state index contributed by atoms with van der Waals surface area (Å²) < 4.78 is 30.4. The van der Waals surface area contributed by atoms with Gasteiger partial charge in [-0.05, 0) is 39.0 Å². The number of carbonyl (C=O) groups is 1. The summed E-state index contributed by atoms with van der Waals surface area (Å²) in [5.74, 6) is 0.667. The van der Waals surface area contributed by atoms with Crippen molar-refractivity contribution in [3.8, 4) is 5.75 Å². The Morgan fingerprint density at radius 1 is 1.25 bits per heavy atom. The number of alkyl halides is 2. The van der Waals surface area contributed by atoms with E-state index in [0.29, 0.717) is 44.1 Å². The van der Waals surface area contributed by atoms with Crippen molar-refractivity contribution < 1.29 is 18.3 Å². The molecule has 2 N–H and O–H groups in total. The molecule has 0 atom stereocenters. The van der Waals surface area contributed by atoms with E-state index in [-0.39, 0.29) is 42.2 Å². The average molecular weight is 577 g/mol. The van der Waals surface area contributed by atoms with Crippen LogP contribution < -0.4 is 15.4 Å². The molecule has 0 aliphatic heterocycles. The second-order valence-electron chi connectivity index (χ2n) is 5.57. The molecule has 0 radical (unpaired) electrons. The molecule has 1 aromatic carbocycles. The van der Waals surface area contributed by atoms with Crippen LogP contribution in [0, 0.1) is 0 Å². The summed E-state index contributed by atoms with van der Waals surface area (Å²) in [7, 11) is 0. The van der Waals surface area contributed by atoms with Crippen molar-refractivity contribution in [2.24, 2.45) is 4.99 Å². The monoisotopic (exact) mass is 576 g/mol. The van der Waals surface area contributed by atoms with Gasteiger partial charge in [0.25, 0.3) is 0 Å². The number of amides is 1. The van der Waals surface area contributed by atoms with Gasteiger partial charge in [0.2, 0.25) is 5.91 Å². The Kier molecular flexibility index (Phi) is 14.2. The normalized spacial score (nSPS) is 11.0. The van der Waals surface area contributed by atoms with Crippen LogP contribution in [0.25, 0.3) is 0 Å². The van der Waals surface area contributed by atoms with Crippen molar-refractivity contribution in [3.63, 3.8) is 0 Å². The van der Waals surface area contributed by atoms with Crippen molar-refractivity contribution in [1.82, 2.24) is 15.5 Å². The molecule has 0 aliphatic rings. The van der Waals surface area contributed by atoms with Crippen molar-refractivity contribution >= 4 is 51.8 Å². The fourth-order valence-electron chi connectivity index (χ4n) is 2.41. The molecule has 1 amide bonds. The van der Waals surface area contributed by atoms with Gasteiger partial charge in [-0.25, -0.2) is 4.99 Å². The van der Waals surface area contributed by atoms with Gasteiger partial charge in [0.15, 0.2) is 5.96 Å². The van der Waals surface area contributed by atoms with Gasteiger partial charge in [0, 0.05) is 42.6 Å². The number of benzene rings is 1. The molecule has 1 rings (SSSR count). The average Bonchev–Trinajstić information content (AvgIpc) is 2.62. The van der Waals surface area contributed by atoms with Crippen LogP contribution in [0.2, 0.25) is 0 Å². The smallest absolute Gasteiger partial charge is 0.387 e. The summed E-state index contributed by atoms with van der Waals surface area (Å²) in [4.78, 5) is 18.2. The highest BCUT2D eigenvalue weighted by Crippen LogP contribution is 2.25. The van der Waals surface area contributed by atoms with Crippen molar-refractivity contribution in [3.05, 3.63) is 28.2 Å². The summed E-state index contributed by atoms with van der Waals surface area (Å²) in [6.45, 7) is 5.48. The zero-order valence-electron chi connectivity index (χ0n) is 16.3. The molecule has 0 saturated heterocycles. The van der Waals surface area contributed by atoms with E-state index in [4.69, 9.17) is 0 Å². The van der Waals surface area contributed by atoms with Crippen LogP contribution in [0.15, 0.2) is 27.7 Å². The number of rotatable bonds is 10. The standard InChI is InChI=1S/C18H27BrF2N4O2.HI/c1-4-22-18(23-10-9-16(26)25(5-2)6-3)24-12-13-11-14(19)7-8-15(13)27-17(20)21;/h7-8,11,17H,4-6,9-10,12H2,1-3H3,(H2,22,23,24);1H. The van der Waals surface area contributed by atoms with Crippen molar-refractivity contribution in [2.75, 3.05) is 26.2 Å². The van der Waals surface area contributed by atoms with Crippen LogP contribution in [0.3, 0.4) is 0 Å². The lowest BCUT2D eigenvalue weighted by atomic mass is 10.2. The highest BCUT2D eigenvalue weighted by molar-refractivity contribution is 14.0. The Morgan fingerprint density at radius 3 is 2.50 bits per heavy atom. The molecule has 0 spiro atoms. The van der Waals surface area contributed by atoms with E-state index in [2.05, 4.69) is 36.3 Å². The molecule has 0 heterocycles. The minimum absolute atomic E-state index is 0. The minimum atomic E-state index is -2.90. The molecule has 0 saturated carbocycles. The Bertz CT molecular complexity index is 632. The SMILES string of the molecule is CCNC(=NCc1cc(Br)ccc1OC(F)F)NCCC(=O)N(CC)CC.I. The Labute approximate surface area is 190 Å². The molecule has 0 aliphatic carbocycles. The summed E-state index contributed by atoms with van der Waals surface area (Å²) in [6, 6.07) is 4.80. The maximum atomic E-state index is 12.6. The van der Waals surface area contributed by atoms with E-state index in [1.165, 1.54) is 6.07 Å². The quantitative estimate of drug-likeness (QED) is 0.251. The highest BCUT2D eigenvalue weighted by Gasteiger charge is 2.11. The van der Waals surface area contributed by atoms with Gasteiger partial charge in [-0.15, -0.1) is 24.0 Å². The number of nitrogens with zero attached hydrogens (tertiary/aromatic N) is 2. The van der Waals surface area contributed by atoms with Gasteiger partial charge in [0.05, 0.1) is 6.54 Å². The van der Waals surface area contributed by atoms with Gasteiger partial charge in [-0.1, -0.05) is 15.9 Å². The number of hydrogen-bond acceptors (Lipinski definition) is 3. The largest absolute Gasteiger partial charge is 0.434 e. The van der Waals surface area contributed by atoms with E-state index < -0.39 is 6.61 Å². The number of nitrogens with one attached hydrogen (secondary N) is 2. The number of ether oxygens (including phenoxy) is 1. The zero-order chi connectivity index (χ0) is 20.2.